The molecule has 2 heterocycles. The number of nitrogens with one attached hydrogen (secondary N) is 4. The summed E-state index contributed by atoms with van der Waals surface area (Å²) in [6.45, 7) is 18.7. The van der Waals surface area contributed by atoms with Crippen molar-refractivity contribution in [1.29, 1.82) is 0 Å². The number of carbonyl (C=O) groups excluding carboxylic acids is 4. The van der Waals surface area contributed by atoms with Gasteiger partial charge in [0.15, 0.2) is 6.10 Å². The Morgan fingerprint density at radius 3 is 2.33 bits per heavy atom. The van der Waals surface area contributed by atoms with Gasteiger partial charge in [-0.25, -0.2) is 9.78 Å². The van der Waals surface area contributed by atoms with Crippen LogP contribution in [-0.4, -0.2) is 107 Å². The summed E-state index contributed by atoms with van der Waals surface area (Å²) < 4.78 is 6.05. The lowest BCUT2D eigenvalue weighted by Gasteiger charge is -2.40. The van der Waals surface area contributed by atoms with Crippen molar-refractivity contribution in [1.82, 2.24) is 30.7 Å². The molecule has 2 aromatic rings. The number of carbonyl (C=O) groups is 5. The van der Waals surface area contributed by atoms with E-state index in [0.29, 0.717) is 50.2 Å². The molecule has 0 radical (unpaired) electrons. The Bertz CT molecular complexity index is 1820. The van der Waals surface area contributed by atoms with Gasteiger partial charge in [0.1, 0.15) is 16.7 Å². The van der Waals surface area contributed by atoms with E-state index < -0.39 is 47.6 Å². The highest BCUT2D eigenvalue weighted by molar-refractivity contribution is 7.09. The second-order valence-electron chi connectivity index (χ2n) is 18.4. The van der Waals surface area contributed by atoms with Crippen molar-refractivity contribution in [3.05, 3.63) is 45.9 Å². The van der Waals surface area contributed by atoms with E-state index >= 15 is 0 Å². The monoisotopic (exact) mass is 894 g/mol. The van der Waals surface area contributed by atoms with Crippen molar-refractivity contribution in [2.45, 2.75) is 163 Å². The Morgan fingerprint density at radius 1 is 1.05 bits per heavy atom. The van der Waals surface area contributed by atoms with Crippen LogP contribution in [0.3, 0.4) is 0 Å². The van der Waals surface area contributed by atoms with Crippen LogP contribution in [0.25, 0.3) is 0 Å². The van der Waals surface area contributed by atoms with Crippen molar-refractivity contribution in [3.8, 4) is 12.3 Å². The third kappa shape index (κ3) is 16.4. The molecule has 0 aliphatic carbocycles. The van der Waals surface area contributed by atoms with Crippen LogP contribution in [0.1, 0.15) is 147 Å². The van der Waals surface area contributed by atoms with E-state index in [9.17, 15) is 29.1 Å². The average Bonchev–Trinajstić information content (AvgIpc) is 3.72. The number of carboxylic acids is 1. The van der Waals surface area contributed by atoms with Gasteiger partial charge in [0.05, 0.1) is 11.5 Å². The zero-order valence-corrected chi connectivity index (χ0v) is 40.2. The maximum atomic E-state index is 15.0. The summed E-state index contributed by atoms with van der Waals surface area (Å²) >= 11 is 1.17. The van der Waals surface area contributed by atoms with Crippen molar-refractivity contribution in [2.75, 3.05) is 32.0 Å². The summed E-state index contributed by atoms with van der Waals surface area (Å²) in [4.78, 5) is 76.7. The number of rotatable bonds is 25. The molecule has 0 spiro atoms. The first-order valence-electron chi connectivity index (χ1n) is 22.9. The molecule has 1 fully saturated rings. The highest BCUT2D eigenvalue weighted by atomic mass is 32.1. The number of aromatic nitrogens is 1. The second kappa shape index (κ2) is 25.6. The molecule has 0 unspecified atom stereocenters. The van der Waals surface area contributed by atoms with Crippen molar-refractivity contribution >= 4 is 46.8 Å². The van der Waals surface area contributed by atoms with E-state index in [4.69, 9.17) is 16.1 Å². The van der Waals surface area contributed by atoms with Gasteiger partial charge in [-0.1, -0.05) is 52.7 Å². The van der Waals surface area contributed by atoms with Crippen LogP contribution >= 0.6 is 11.3 Å². The minimum atomic E-state index is -1.13. The van der Waals surface area contributed by atoms with Crippen molar-refractivity contribution < 1.29 is 33.8 Å². The molecule has 0 saturated carbocycles. The molecule has 350 valence electrons. The number of benzene rings is 1. The van der Waals surface area contributed by atoms with E-state index in [2.05, 4.69) is 45.9 Å². The molecule has 1 saturated heterocycles. The van der Waals surface area contributed by atoms with Crippen LogP contribution in [-0.2, 0) is 25.5 Å². The molecular weight excluding hydrogens is 819 g/mol. The number of unbranched alkanes of at least 4 members (excludes halogenated alkanes) is 2. The molecule has 1 aromatic heterocycles. The highest BCUT2D eigenvalue weighted by Crippen LogP contribution is 2.32. The van der Waals surface area contributed by atoms with E-state index in [1.165, 1.54) is 11.3 Å². The van der Waals surface area contributed by atoms with Crippen molar-refractivity contribution in [2.24, 2.45) is 17.3 Å². The molecule has 5 N–H and O–H groups in total. The predicted octanol–water partition coefficient (Wildman–Crippen LogP) is 7.65. The Labute approximate surface area is 380 Å². The third-order valence-corrected chi connectivity index (χ3v) is 12.8. The number of amides is 4. The summed E-state index contributed by atoms with van der Waals surface area (Å²) in [5.41, 5.74) is 0.861. The van der Waals surface area contributed by atoms with E-state index in [1.54, 1.807) is 26.2 Å². The Balaban J connectivity index is 1.98. The molecule has 14 nitrogen and oxygen atoms in total. The summed E-state index contributed by atoms with van der Waals surface area (Å²) in [5.74, 6) is 0.597. The first-order chi connectivity index (χ1) is 29.8. The van der Waals surface area contributed by atoms with Gasteiger partial charge in [-0.3, -0.25) is 24.1 Å². The minimum absolute atomic E-state index is 0.102. The number of anilines is 1. The Morgan fingerprint density at radius 2 is 1.75 bits per heavy atom. The zero-order valence-electron chi connectivity index (χ0n) is 39.4. The third-order valence-electron chi connectivity index (χ3n) is 11.9. The van der Waals surface area contributed by atoms with Gasteiger partial charge < -0.3 is 36.0 Å². The lowest BCUT2D eigenvalue weighted by atomic mass is 9.84. The molecule has 1 aliphatic heterocycles. The zero-order chi connectivity index (χ0) is 46.9. The number of aliphatic carboxylic acids is 1. The molecule has 1 aliphatic rings. The van der Waals surface area contributed by atoms with Crippen LogP contribution in [0.15, 0.2) is 29.6 Å². The Kier molecular flexibility index (Phi) is 21.4. The smallest absolute Gasteiger partial charge is 0.407 e. The molecule has 15 heteroatoms. The molecule has 0 bridgehead atoms. The normalized spacial score (nSPS) is 16.8. The number of piperidine rings is 1. The number of hydrogen-bond acceptors (Lipinski definition) is 10. The summed E-state index contributed by atoms with van der Waals surface area (Å²) in [6.07, 6.45) is 9.98. The molecule has 1 aromatic carbocycles. The molecule has 63 heavy (non-hydrogen) atoms. The minimum Gasteiger partial charge on any atom is -0.481 e. The van der Waals surface area contributed by atoms with Crippen LogP contribution in [0.5, 0.6) is 0 Å². The number of carboxylic acid groups (broad SMARTS) is 1. The largest absolute Gasteiger partial charge is 0.481 e. The second-order valence-corrected chi connectivity index (χ2v) is 19.3. The van der Waals surface area contributed by atoms with E-state index in [0.717, 1.165) is 37.1 Å². The van der Waals surface area contributed by atoms with Crippen molar-refractivity contribution in [3.63, 3.8) is 0 Å². The maximum absolute atomic E-state index is 15.0. The van der Waals surface area contributed by atoms with Crippen LogP contribution in [0.4, 0.5) is 10.5 Å². The fraction of sp³-hybridized carbons (Fsp3) is 0.667. The van der Waals surface area contributed by atoms with E-state index in [1.807, 2.05) is 63.9 Å². The number of likely N-dealkylation sites (tertiary alicyclic amines) is 1. The number of hydrogen-bond donors (Lipinski definition) is 5. The first-order valence-corrected chi connectivity index (χ1v) is 23.7. The van der Waals surface area contributed by atoms with Crippen LogP contribution < -0.4 is 21.3 Å². The number of ether oxygens (including phenoxy) is 1. The lowest BCUT2D eigenvalue weighted by molar-refractivity contribution is -0.147. The van der Waals surface area contributed by atoms with Gasteiger partial charge in [-0.15, -0.1) is 23.7 Å². The number of alkyl carbamates (subject to hydrolysis) is 1. The fourth-order valence-electron chi connectivity index (χ4n) is 7.99. The topological polar surface area (TPSA) is 182 Å². The number of likely N-dealkylation sites (N-methyl/N-ethyl adjacent to an activating group) is 1. The Hall–Kier alpha value is -4.68. The number of terminal acetylenes is 1. The first kappa shape index (κ1) is 52.7. The highest BCUT2D eigenvalue weighted by Gasteiger charge is 2.39. The number of thiazole rings is 1. The fourth-order valence-corrected chi connectivity index (χ4v) is 8.83. The van der Waals surface area contributed by atoms with Gasteiger partial charge >= 0.3 is 12.1 Å². The van der Waals surface area contributed by atoms with Gasteiger partial charge in [0.25, 0.3) is 5.91 Å². The van der Waals surface area contributed by atoms with Crippen LogP contribution in [0, 0.1) is 29.6 Å². The molecular formula is C48H75N7O7S. The van der Waals surface area contributed by atoms with Gasteiger partial charge in [0.2, 0.25) is 11.8 Å². The van der Waals surface area contributed by atoms with Crippen LogP contribution in [0.2, 0.25) is 0 Å². The lowest BCUT2D eigenvalue weighted by Crippen LogP contribution is -2.59. The van der Waals surface area contributed by atoms with Gasteiger partial charge in [-0.2, -0.15) is 0 Å². The molecule has 4 amide bonds. The molecule has 3 rings (SSSR count). The quantitative estimate of drug-likeness (QED) is 0.0491. The average molecular weight is 894 g/mol. The standard InChI is InChI=1S/C48H75N7O7S/c1-12-15-16-18-26-55(45(58)41(33(8)13-2)53-43(57)38-20-17-19-25-54(38)11)39(31(4)5)28-40(62-47(61)49-14-3)44-52-37(30-63-44)42(56)51-36(29-48(9,10)46(59)60)27-34-21-23-35(24-22-34)50-32(6)7/h1,21-24,30-33,36,38-41,50H,13-20,25-29H2,2-11H3,(H,49,61)(H,51,56)(H,53,57)(H,59,60)/t33-,36-,38+,39+,40+,41-/m0/s1. The molecule has 6 atom stereocenters. The summed E-state index contributed by atoms with van der Waals surface area (Å²) in [5, 5.41) is 24.3. The van der Waals surface area contributed by atoms with E-state index in [-0.39, 0.29) is 54.3 Å². The van der Waals surface area contributed by atoms with Gasteiger partial charge in [-0.05, 0) is 116 Å². The predicted molar refractivity (Wildman–Crippen MR) is 251 cm³/mol. The SMILES string of the molecule is C#CCCCCN(C(=O)[C@@H](NC(=O)[C@H]1CCCCN1C)[C@@H](C)CC)[C@H](C[C@@H](OC(=O)NCC)c1nc(C(=O)N[C@@H](Cc2ccc(NC(C)C)cc2)CC(C)(C)C(=O)O)cs1)C(C)C. The number of nitrogens with zero attached hydrogens (tertiary/aromatic N) is 3. The summed E-state index contributed by atoms with van der Waals surface area (Å²) in [7, 11) is 1.95. The van der Waals surface area contributed by atoms with Gasteiger partial charge in [0, 0.05) is 55.1 Å². The summed E-state index contributed by atoms with van der Waals surface area (Å²) in [6, 6.07) is 6.01. The maximum Gasteiger partial charge on any atom is 0.407 e.